The molecule has 0 saturated carbocycles. The number of hydrogen-bond donors (Lipinski definition) is 1. The summed E-state index contributed by atoms with van der Waals surface area (Å²) in [6.45, 7) is 9.38. The first-order valence-electron chi connectivity index (χ1n) is 8.74. The molecule has 0 aliphatic carbocycles. The molecule has 5 heteroatoms. The molecule has 0 amide bonds. The third-order valence-corrected chi connectivity index (χ3v) is 5.48. The van der Waals surface area contributed by atoms with Crippen molar-refractivity contribution < 1.29 is 0 Å². The summed E-state index contributed by atoms with van der Waals surface area (Å²) in [5, 5.41) is 1.28. The normalized spacial score (nSPS) is 15.5. The molecule has 2 aromatic heterocycles. The van der Waals surface area contributed by atoms with Crippen LogP contribution in [0.25, 0.3) is 10.9 Å². The minimum absolute atomic E-state index is 0.00246. The van der Waals surface area contributed by atoms with E-state index in [1.807, 2.05) is 6.20 Å². The lowest BCUT2D eigenvalue weighted by molar-refractivity contribution is 0.243. The number of hydrogen-bond acceptors (Lipinski definition) is 3. The van der Waals surface area contributed by atoms with Gasteiger partial charge in [0.25, 0.3) is 0 Å². The fourth-order valence-electron chi connectivity index (χ4n) is 3.44. The molecule has 3 heterocycles. The van der Waals surface area contributed by atoms with E-state index in [4.69, 9.17) is 4.98 Å². The Balaban J connectivity index is 1.56. The molecule has 0 saturated heterocycles. The second-order valence-corrected chi connectivity index (χ2v) is 8.71. The van der Waals surface area contributed by atoms with Crippen molar-refractivity contribution in [1.29, 1.82) is 0 Å². The molecule has 3 aromatic rings. The summed E-state index contributed by atoms with van der Waals surface area (Å²) < 4.78 is 1.15. The lowest BCUT2D eigenvalue weighted by Crippen LogP contribution is -2.31. The van der Waals surface area contributed by atoms with Crippen LogP contribution in [-0.2, 0) is 24.9 Å². The molecule has 0 atom stereocenters. The third-order valence-electron chi connectivity index (χ3n) is 4.81. The highest BCUT2D eigenvalue weighted by atomic mass is 79.9. The molecular weight excluding hydrogens is 376 g/mol. The van der Waals surface area contributed by atoms with Crippen LogP contribution < -0.4 is 0 Å². The Morgan fingerprint density at radius 1 is 1.28 bits per heavy atom. The molecule has 0 spiro atoms. The Kier molecular flexibility index (Phi) is 4.16. The molecule has 0 radical (unpaired) electrons. The lowest BCUT2D eigenvalue weighted by atomic mass is 9.95. The van der Waals surface area contributed by atoms with E-state index in [-0.39, 0.29) is 5.41 Å². The Hall–Kier alpha value is -1.72. The van der Waals surface area contributed by atoms with E-state index in [1.54, 1.807) is 0 Å². The van der Waals surface area contributed by atoms with Gasteiger partial charge in [-0.05, 0) is 17.7 Å². The van der Waals surface area contributed by atoms with Crippen LogP contribution in [0.2, 0.25) is 0 Å². The second-order valence-electron chi connectivity index (χ2n) is 7.85. The van der Waals surface area contributed by atoms with Crippen molar-refractivity contribution in [1.82, 2.24) is 19.9 Å². The van der Waals surface area contributed by atoms with Crippen molar-refractivity contribution >= 4 is 26.8 Å². The van der Waals surface area contributed by atoms with E-state index in [0.29, 0.717) is 0 Å². The van der Waals surface area contributed by atoms with Crippen LogP contribution in [-0.4, -0.2) is 26.4 Å². The predicted octanol–water partition coefficient (Wildman–Crippen LogP) is 4.58. The predicted molar refractivity (Wildman–Crippen MR) is 105 cm³/mol. The van der Waals surface area contributed by atoms with Crippen molar-refractivity contribution in [2.45, 2.75) is 45.7 Å². The van der Waals surface area contributed by atoms with Gasteiger partial charge in [0, 0.05) is 70.5 Å². The van der Waals surface area contributed by atoms with Crippen molar-refractivity contribution in [3.8, 4) is 0 Å². The molecule has 0 unspecified atom stereocenters. The number of nitrogens with one attached hydrogen (secondary N) is 1. The van der Waals surface area contributed by atoms with Crippen LogP contribution in [0.1, 0.15) is 43.4 Å². The first kappa shape index (κ1) is 16.7. The molecule has 4 rings (SSSR count). The van der Waals surface area contributed by atoms with Gasteiger partial charge < -0.3 is 4.98 Å². The van der Waals surface area contributed by atoms with Crippen LogP contribution in [0.5, 0.6) is 0 Å². The fraction of sp³-hybridized carbons (Fsp3) is 0.400. The zero-order chi connectivity index (χ0) is 17.6. The molecule has 4 nitrogen and oxygen atoms in total. The van der Waals surface area contributed by atoms with E-state index in [9.17, 15) is 0 Å². The van der Waals surface area contributed by atoms with Gasteiger partial charge in [0.05, 0.1) is 0 Å². The highest BCUT2D eigenvalue weighted by Gasteiger charge is 2.23. The number of benzene rings is 1. The van der Waals surface area contributed by atoms with Crippen LogP contribution in [0.3, 0.4) is 0 Å². The van der Waals surface area contributed by atoms with Gasteiger partial charge in [0.15, 0.2) is 0 Å². The fourth-order valence-corrected chi connectivity index (χ4v) is 4.07. The van der Waals surface area contributed by atoms with Crippen LogP contribution >= 0.6 is 15.9 Å². The van der Waals surface area contributed by atoms with E-state index >= 15 is 0 Å². The van der Waals surface area contributed by atoms with Gasteiger partial charge in [0.1, 0.15) is 5.82 Å². The number of halogens is 1. The van der Waals surface area contributed by atoms with Gasteiger partial charge in [-0.2, -0.15) is 0 Å². The minimum Gasteiger partial charge on any atom is -0.361 e. The topological polar surface area (TPSA) is 44.8 Å². The highest BCUT2D eigenvalue weighted by Crippen LogP contribution is 2.29. The van der Waals surface area contributed by atoms with Gasteiger partial charge in [-0.3, -0.25) is 4.90 Å². The zero-order valence-corrected chi connectivity index (χ0v) is 16.5. The Morgan fingerprint density at radius 3 is 2.92 bits per heavy atom. The molecule has 1 aliphatic rings. The maximum absolute atomic E-state index is 4.83. The van der Waals surface area contributed by atoms with Gasteiger partial charge in [-0.25, -0.2) is 9.97 Å². The summed E-state index contributed by atoms with van der Waals surface area (Å²) in [6, 6.07) is 6.29. The number of fused-ring (bicyclic) bond motifs is 2. The van der Waals surface area contributed by atoms with Crippen molar-refractivity contribution in [3.63, 3.8) is 0 Å². The quantitative estimate of drug-likeness (QED) is 0.686. The summed E-state index contributed by atoms with van der Waals surface area (Å²) in [7, 11) is 0. The summed E-state index contributed by atoms with van der Waals surface area (Å²) in [4.78, 5) is 15.3. The van der Waals surface area contributed by atoms with Gasteiger partial charge in [-0.15, -0.1) is 0 Å². The largest absolute Gasteiger partial charge is 0.361 e. The van der Waals surface area contributed by atoms with Gasteiger partial charge >= 0.3 is 0 Å². The van der Waals surface area contributed by atoms with Crippen LogP contribution in [0.4, 0.5) is 0 Å². The number of nitrogens with zero attached hydrogens (tertiary/aromatic N) is 3. The Bertz CT molecular complexity index is 923. The van der Waals surface area contributed by atoms with E-state index < -0.39 is 0 Å². The molecule has 1 N–H and O–H groups in total. The number of H-pyrrole nitrogens is 1. The number of rotatable bonds is 2. The smallest absolute Gasteiger partial charge is 0.133 e. The zero-order valence-electron chi connectivity index (χ0n) is 14.9. The average molecular weight is 399 g/mol. The molecule has 1 aliphatic heterocycles. The van der Waals surface area contributed by atoms with Crippen molar-refractivity contribution in [2.24, 2.45) is 0 Å². The molecule has 130 valence electrons. The maximum Gasteiger partial charge on any atom is 0.133 e. The van der Waals surface area contributed by atoms with Crippen molar-refractivity contribution in [3.05, 3.63) is 57.7 Å². The number of aromatic nitrogens is 3. The molecule has 25 heavy (non-hydrogen) atoms. The standard InChI is InChI=1S/C20H23BrN4/c1-20(2,3)19-23-9-13-11-25(8-7-16(13)24-19)12-14-10-22-17-6-4-5-15(21)18(14)17/h4-6,9-10,22H,7-8,11-12H2,1-3H3. The SMILES string of the molecule is CC(C)(C)c1ncc2c(n1)CCN(Cc1c[nH]c3cccc(Br)c13)C2. The summed E-state index contributed by atoms with van der Waals surface area (Å²) in [5.41, 5.74) is 5.00. The van der Waals surface area contributed by atoms with E-state index in [1.165, 1.54) is 27.7 Å². The number of aromatic amines is 1. The van der Waals surface area contributed by atoms with Gasteiger partial charge in [0.2, 0.25) is 0 Å². The molecular formula is C20H23BrN4. The third kappa shape index (κ3) is 3.23. The lowest BCUT2D eigenvalue weighted by Gasteiger charge is -2.29. The van der Waals surface area contributed by atoms with Crippen molar-refractivity contribution in [2.75, 3.05) is 6.54 Å². The molecule has 1 aromatic carbocycles. The summed E-state index contributed by atoms with van der Waals surface area (Å²) in [6.07, 6.45) is 5.15. The first-order chi connectivity index (χ1) is 11.9. The summed E-state index contributed by atoms with van der Waals surface area (Å²) in [5.74, 6) is 0.945. The summed E-state index contributed by atoms with van der Waals surface area (Å²) >= 11 is 3.69. The maximum atomic E-state index is 4.83. The van der Waals surface area contributed by atoms with Gasteiger partial charge in [-0.1, -0.05) is 42.8 Å². The van der Waals surface area contributed by atoms with E-state index in [2.05, 4.69) is 76.0 Å². The average Bonchev–Trinajstić information content (AvgIpc) is 2.98. The second kappa shape index (κ2) is 6.22. The minimum atomic E-state index is 0.00246. The van der Waals surface area contributed by atoms with E-state index in [0.717, 1.165) is 36.4 Å². The Labute approximate surface area is 156 Å². The van der Waals surface area contributed by atoms with Crippen LogP contribution in [0, 0.1) is 0 Å². The monoisotopic (exact) mass is 398 g/mol. The molecule has 0 fully saturated rings. The Morgan fingerprint density at radius 2 is 2.12 bits per heavy atom. The highest BCUT2D eigenvalue weighted by molar-refractivity contribution is 9.10. The van der Waals surface area contributed by atoms with Crippen LogP contribution in [0.15, 0.2) is 35.1 Å². The first-order valence-corrected chi connectivity index (χ1v) is 9.53. The molecule has 0 bridgehead atoms.